The fourth-order valence-electron chi connectivity index (χ4n) is 1.92. The van der Waals surface area contributed by atoms with Gasteiger partial charge in [0.25, 0.3) is 0 Å². The topological polar surface area (TPSA) is 20.2 Å². The van der Waals surface area contributed by atoms with Crippen molar-refractivity contribution < 1.29 is 28.3 Å². The molecule has 0 amide bonds. The molecule has 0 aromatic heterocycles. The Bertz CT molecular complexity index is 348. The van der Waals surface area contributed by atoms with Crippen LogP contribution < -0.4 is 0 Å². The molecule has 0 radical (unpaired) electrons. The molecule has 0 saturated heterocycles. The van der Waals surface area contributed by atoms with Gasteiger partial charge in [0.15, 0.2) is 0 Å². The van der Waals surface area contributed by atoms with E-state index in [9.17, 15) is 0 Å². The molecule has 2 aliphatic carbocycles. The van der Waals surface area contributed by atoms with Crippen molar-refractivity contribution in [3.63, 3.8) is 0 Å². The van der Waals surface area contributed by atoms with Gasteiger partial charge in [-0.25, -0.2) is 0 Å². The Kier molecular flexibility index (Phi) is 4.34. The van der Waals surface area contributed by atoms with Crippen LogP contribution in [0, 0.1) is 0 Å². The van der Waals surface area contributed by atoms with Crippen molar-refractivity contribution >= 4 is 0 Å². The van der Waals surface area contributed by atoms with E-state index in [0.29, 0.717) is 6.61 Å². The van der Waals surface area contributed by atoms with Crippen LogP contribution in [0.4, 0.5) is 0 Å². The zero-order valence-electron chi connectivity index (χ0n) is 8.87. The van der Waals surface area contributed by atoms with Crippen LogP contribution in [0.25, 0.3) is 0 Å². The van der Waals surface area contributed by atoms with Crippen LogP contribution in [0.3, 0.4) is 0 Å². The van der Waals surface area contributed by atoms with Crippen LogP contribution in [0.1, 0.15) is 25.7 Å². The molecule has 0 fully saturated rings. The van der Waals surface area contributed by atoms with Gasteiger partial charge in [0, 0.05) is 0 Å². The van der Waals surface area contributed by atoms with E-state index in [4.69, 9.17) is 5.11 Å². The van der Waals surface area contributed by atoms with E-state index in [0.717, 1.165) is 12.8 Å². The summed E-state index contributed by atoms with van der Waals surface area (Å²) in [6.07, 6.45) is 15.7. The Hall–Kier alpha value is -0.197. The van der Waals surface area contributed by atoms with Crippen molar-refractivity contribution in [1.82, 2.24) is 0 Å². The quantitative estimate of drug-likeness (QED) is 0.820. The van der Waals surface area contributed by atoms with E-state index in [1.54, 1.807) is 6.56 Å². The van der Waals surface area contributed by atoms with E-state index < -0.39 is 23.2 Å². The average molecular weight is 279 g/mol. The van der Waals surface area contributed by atoms with Crippen LogP contribution in [-0.4, -0.2) is 11.7 Å². The Labute approximate surface area is 103 Å². The van der Waals surface area contributed by atoms with Crippen molar-refractivity contribution in [2.45, 2.75) is 25.7 Å². The standard InChI is InChI=1S/C8H11O.C5H5.Zr/c9-7-3-6-8-4-1-2-5-8;1-2-4-5-3-1;/h1,4,9H,2-3,6-7H2;1-3H,4H2;. The first-order valence-electron chi connectivity index (χ1n) is 5.52. The summed E-state index contributed by atoms with van der Waals surface area (Å²) in [5.74, 6) is 0. The van der Waals surface area contributed by atoms with Crippen molar-refractivity contribution in [2.75, 3.05) is 6.61 Å². The summed E-state index contributed by atoms with van der Waals surface area (Å²) in [5, 5.41) is 8.84. The second-order valence-electron chi connectivity index (χ2n) is 3.89. The molecule has 0 bridgehead atoms. The molecule has 78 valence electrons. The van der Waals surface area contributed by atoms with Crippen LogP contribution in [0.2, 0.25) is 0 Å². The summed E-state index contributed by atoms with van der Waals surface area (Å²) < 4.78 is 3.42. The molecular weight excluding hydrogens is 263 g/mol. The molecule has 15 heavy (non-hydrogen) atoms. The van der Waals surface area contributed by atoms with Gasteiger partial charge >= 0.3 is 103 Å². The number of aliphatic hydroxyl groups excluding tert-OH is 1. The fourth-order valence-corrected chi connectivity index (χ4v) is 5.30. The molecule has 0 spiro atoms. The zero-order valence-corrected chi connectivity index (χ0v) is 11.3. The first-order chi connectivity index (χ1) is 7.40. The van der Waals surface area contributed by atoms with Crippen molar-refractivity contribution in [2.24, 2.45) is 0 Å². The minimum atomic E-state index is -0.469. The molecule has 2 heteroatoms. The van der Waals surface area contributed by atoms with Gasteiger partial charge in [-0.05, 0) is 0 Å². The summed E-state index contributed by atoms with van der Waals surface area (Å²) in [5.41, 5.74) is 1.53. The summed E-state index contributed by atoms with van der Waals surface area (Å²) in [4.78, 5) is 0. The monoisotopic (exact) mass is 278 g/mol. The molecule has 1 N–H and O–H groups in total. The molecular formula is C13H16OZr. The first-order valence-corrected chi connectivity index (χ1v) is 7.98. The molecule has 0 aromatic carbocycles. The van der Waals surface area contributed by atoms with Crippen LogP contribution in [0.5, 0.6) is 0 Å². The number of hydrogen-bond donors (Lipinski definition) is 1. The van der Waals surface area contributed by atoms with E-state index >= 15 is 0 Å². The Morgan fingerprint density at radius 3 is 2.93 bits per heavy atom. The molecule has 2 rings (SSSR count). The molecule has 0 saturated carbocycles. The number of allylic oxidation sites excluding steroid dienone is 8. The molecule has 2 aliphatic rings. The number of rotatable bonds is 5. The normalized spacial score (nSPS) is 18.9. The van der Waals surface area contributed by atoms with Gasteiger partial charge in [0.1, 0.15) is 0 Å². The van der Waals surface area contributed by atoms with Gasteiger partial charge in [0.05, 0.1) is 0 Å². The van der Waals surface area contributed by atoms with Crippen molar-refractivity contribution in [1.29, 1.82) is 0 Å². The van der Waals surface area contributed by atoms with Gasteiger partial charge in [-0.1, -0.05) is 0 Å². The molecule has 0 atom stereocenters. The second-order valence-corrected chi connectivity index (χ2v) is 7.56. The van der Waals surface area contributed by atoms with Crippen LogP contribution >= 0.6 is 0 Å². The molecule has 0 unspecified atom stereocenters. The molecule has 1 nitrogen and oxygen atoms in total. The van der Waals surface area contributed by atoms with Crippen LogP contribution in [0.15, 0.2) is 42.5 Å². The zero-order chi connectivity index (χ0) is 10.5. The summed E-state index contributed by atoms with van der Waals surface area (Å²) in [7, 11) is 0. The van der Waals surface area contributed by atoms with E-state index in [1.165, 1.54) is 18.4 Å². The van der Waals surface area contributed by atoms with Gasteiger partial charge in [-0.2, -0.15) is 0 Å². The molecule has 0 aromatic rings. The predicted octanol–water partition coefficient (Wildman–Crippen LogP) is 2.90. The summed E-state index contributed by atoms with van der Waals surface area (Å²) in [6.45, 7) is 0.319. The Morgan fingerprint density at radius 2 is 2.20 bits per heavy atom. The summed E-state index contributed by atoms with van der Waals surface area (Å²) in [6, 6.07) is 0. The number of hydrogen-bond acceptors (Lipinski definition) is 1. The third-order valence-corrected chi connectivity index (χ3v) is 6.45. The van der Waals surface area contributed by atoms with Gasteiger partial charge < -0.3 is 0 Å². The van der Waals surface area contributed by atoms with Crippen LogP contribution in [-0.2, 0) is 23.2 Å². The van der Waals surface area contributed by atoms with Gasteiger partial charge in [0.2, 0.25) is 0 Å². The molecule has 0 heterocycles. The third-order valence-electron chi connectivity index (χ3n) is 2.72. The van der Waals surface area contributed by atoms with E-state index in [-0.39, 0.29) is 0 Å². The maximum absolute atomic E-state index is 8.84. The second kappa shape index (κ2) is 5.77. The Morgan fingerprint density at radius 1 is 1.27 bits per heavy atom. The third kappa shape index (κ3) is 3.13. The Balaban J connectivity index is 1.94. The van der Waals surface area contributed by atoms with Gasteiger partial charge in [-0.3, -0.25) is 0 Å². The van der Waals surface area contributed by atoms with Crippen molar-refractivity contribution in [3.8, 4) is 0 Å². The SMILES string of the molecule is OCCCC1=[C]([Zr][C]2=CC=CC2)CC=C1. The number of aliphatic hydroxyl groups is 1. The van der Waals surface area contributed by atoms with Crippen molar-refractivity contribution in [3.05, 3.63) is 42.5 Å². The van der Waals surface area contributed by atoms with E-state index in [2.05, 4.69) is 30.4 Å². The average Bonchev–Trinajstić information content (AvgIpc) is 2.87. The minimum absolute atomic E-state index is 0.319. The summed E-state index contributed by atoms with van der Waals surface area (Å²) >= 11 is -0.469. The predicted molar refractivity (Wildman–Crippen MR) is 58.9 cm³/mol. The molecule has 0 aliphatic heterocycles. The first kappa shape index (κ1) is 11.3. The van der Waals surface area contributed by atoms with Gasteiger partial charge in [-0.15, -0.1) is 0 Å². The maximum atomic E-state index is 8.84. The fraction of sp³-hybridized carbons (Fsp3) is 0.385. The van der Waals surface area contributed by atoms with E-state index in [1.807, 2.05) is 0 Å².